The molecule has 0 fully saturated rings. The molecule has 0 saturated heterocycles. The number of rotatable bonds is 9. The number of carbonyl (C=O) groups excluding carboxylic acids is 1. The Hall–Kier alpha value is -2.40. The van der Waals surface area contributed by atoms with Gasteiger partial charge in [-0.15, -0.1) is 0 Å². The Morgan fingerprint density at radius 2 is 1.81 bits per heavy atom. The molecule has 2 aromatic carbocycles. The first-order valence-corrected chi connectivity index (χ1v) is 9.39. The second-order valence-electron chi connectivity index (χ2n) is 6.66. The molecule has 0 radical (unpaired) electrons. The zero-order valence-corrected chi connectivity index (χ0v) is 16.6. The average Bonchev–Trinajstić information content (AvgIpc) is 2.67. The summed E-state index contributed by atoms with van der Waals surface area (Å²) >= 11 is 0. The molecule has 1 N–H and O–H groups in total. The fourth-order valence-corrected chi connectivity index (χ4v) is 2.96. The van der Waals surface area contributed by atoms with E-state index >= 15 is 0 Å². The second-order valence-corrected chi connectivity index (χ2v) is 6.66. The van der Waals surface area contributed by atoms with Gasteiger partial charge in [-0.3, -0.25) is 9.69 Å². The number of nitrogens with one attached hydrogen (secondary N) is 1. The third-order valence-corrected chi connectivity index (χ3v) is 4.70. The zero-order chi connectivity index (χ0) is 19.8. The number of hydrogen-bond donors (Lipinski definition) is 1. The maximum absolute atomic E-state index is 13.9. The minimum atomic E-state index is -0.389. The summed E-state index contributed by atoms with van der Waals surface area (Å²) in [4.78, 5) is 14.4. The van der Waals surface area contributed by atoms with Gasteiger partial charge in [-0.05, 0) is 48.7 Å². The molecular weight excluding hydrogens is 343 g/mol. The van der Waals surface area contributed by atoms with E-state index in [1.807, 2.05) is 24.8 Å². The first-order valence-electron chi connectivity index (χ1n) is 9.39. The van der Waals surface area contributed by atoms with Crippen molar-refractivity contribution in [3.63, 3.8) is 0 Å². The minimum absolute atomic E-state index is 0.0436. The Labute approximate surface area is 161 Å². The summed E-state index contributed by atoms with van der Waals surface area (Å²) in [6.07, 6.45) is 0.998. The van der Waals surface area contributed by atoms with Crippen molar-refractivity contribution in [1.82, 2.24) is 10.2 Å². The lowest BCUT2D eigenvalue weighted by molar-refractivity contribution is -0.123. The van der Waals surface area contributed by atoms with Crippen molar-refractivity contribution in [2.75, 3.05) is 20.2 Å². The molecule has 4 nitrogen and oxygen atoms in total. The summed E-state index contributed by atoms with van der Waals surface area (Å²) in [5.74, 6) is -0.208. The molecule has 0 heterocycles. The van der Waals surface area contributed by atoms with Crippen molar-refractivity contribution < 1.29 is 13.9 Å². The molecule has 1 unspecified atom stereocenters. The standard InChI is InChI=1S/C22H29FN2O2/c1-5-17-7-10-19(11-8-17)16(3)24-22(26)15-25(6-2)14-18-9-12-21(27-4)20(23)13-18/h7-13,16H,5-6,14-15H2,1-4H3,(H,24,26). The molecule has 5 heteroatoms. The number of hydrogen-bond acceptors (Lipinski definition) is 3. The molecule has 0 aliphatic rings. The van der Waals surface area contributed by atoms with Gasteiger partial charge < -0.3 is 10.1 Å². The Morgan fingerprint density at radius 1 is 1.15 bits per heavy atom. The van der Waals surface area contributed by atoms with E-state index in [1.165, 1.54) is 18.7 Å². The van der Waals surface area contributed by atoms with E-state index in [-0.39, 0.29) is 30.1 Å². The quantitative estimate of drug-likeness (QED) is 0.721. The molecule has 2 rings (SSSR count). The Balaban J connectivity index is 1.92. The van der Waals surface area contributed by atoms with Crippen LogP contribution in [0.4, 0.5) is 4.39 Å². The highest BCUT2D eigenvalue weighted by Gasteiger charge is 2.14. The normalized spacial score (nSPS) is 12.1. The van der Waals surface area contributed by atoms with Gasteiger partial charge in [0.1, 0.15) is 0 Å². The third kappa shape index (κ3) is 6.07. The maximum Gasteiger partial charge on any atom is 0.234 e. The summed E-state index contributed by atoms with van der Waals surface area (Å²) in [7, 11) is 1.44. The number of halogens is 1. The maximum atomic E-state index is 13.9. The number of likely N-dealkylation sites (N-methyl/N-ethyl adjacent to an activating group) is 1. The highest BCUT2D eigenvalue weighted by atomic mass is 19.1. The van der Waals surface area contributed by atoms with Crippen molar-refractivity contribution in [2.24, 2.45) is 0 Å². The predicted molar refractivity (Wildman–Crippen MR) is 106 cm³/mol. The Bertz CT molecular complexity index is 746. The van der Waals surface area contributed by atoms with Gasteiger partial charge in [0.25, 0.3) is 0 Å². The van der Waals surface area contributed by atoms with Crippen molar-refractivity contribution in [3.05, 3.63) is 65.0 Å². The molecule has 27 heavy (non-hydrogen) atoms. The molecule has 0 aliphatic carbocycles. The SMILES string of the molecule is CCc1ccc(C(C)NC(=O)CN(CC)Cc2ccc(OC)c(F)c2)cc1. The summed E-state index contributed by atoms with van der Waals surface area (Å²) < 4.78 is 18.8. The van der Waals surface area contributed by atoms with E-state index in [0.29, 0.717) is 13.1 Å². The molecule has 0 aliphatic heterocycles. The second kappa shape index (κ2) is 10.1. The summed E-state index contributed by atoms with van der Waals surface area (Å²) in [5, 5.41) is 3.04. The zero-order valence-electron chi connectivity index (χ0n) is 16.6. The van der Waals surface area contributed by atoms with Crippen LogP contribution in [-0.4, -0.2) is 31.0 Å². The number of methoxy groups -OCH3 is 1. The van der Waals surface area contributed by atoms with Crippen LogP contribution in [0.3, 0.4) is 0 Å². The lowest BCUT2D eigenvalue weighted by atomic mass is 10.0. The number of ether oxygens (including phenoxy) is 1. The monoisotopic (exact) mass is 372 g/mol. The van der Waals surface area contributed by atoms with Gasteiger partial charge in [-0.2, -0.15) is 0 Å². The fraction of sp³-hybridized carbons (Fsp3) is 0.409. The predicted octanol–water partition coefficient (Wildman–Crippen LogP) is 4.10. The number of benzene rings is 2. The molecule has 0 aromatic heterocycles. The molecule has 0 saturated carbocycles. The molecule has 146 valence electrons. The largest absolute Gasteiger partial charge is 0.494 e. The van der Waals surface area contributed by atoms with E-state index in [4.69, 9.17) is 4.74 Å². The summed E-state index contributed by atoms with van der Waals surface area (Å²) in [6.45, 7) is 7.55. The first kappa shape index (κ1) is 20.9. The van der Waals surface area contributed by atoms with Crippen LogP contribution in [0.5, 0.6) is 5.75 Å². The molecule has 1 amide bonds. The van der Waals surface area contributed by atoms with E-state index in [1.54, 1.807) is 6.07 Å². The Morgan fingerprint density at radius 3 is 2.37 bits per heavy atom. The third-order valence-electron chi connectivity index (χ3n) is 4.70. The van der Waals surface area contributed by atoms with E-state index in [0.717, 1.165) is 17.5 Å². The first-order chi connectivity index (χ1) is 13.0. The van der Waals surface area contributed by atoms with Gasteiger partial charge in [0.15, 0.2) is 11.6 Å². The number of carbonyl (C=O) groups is 1. The van der Waals surface area contributed by atoms with Crippen LogP contribution in [0.25, 0.3) is 0 Å². The van der Waals surface area contributed by atoms with Crippen molar-refractivity contribution >= 4 is 5.91 Å². The van der Waals surface area contributed by atoms with E-state index < -0.39 is 0 Å². The molecule has 0 bridgehead atoms. The van der Waals surface area contributed by atoms with E-state index in [2.05, 4.69) is 36.5 Å². The number of nitrogens with zero attached hydrogens (tertiary/aromatic N) is 1. The van der Waals surface area contributed by atoms with Crippen LogP contribution in [-0.2, 0) is 17.8 Å². The van der Waals surface area contributed by atoms with Gasteiger partial charge >= 0.3 is 0 Å². The van der Waals surface area contributed by atoms with Gasteiger partial charge in [0.2, 0.25) is 5.91 Å². The average molecular weight is 372 g/mol. The van der Waals surface area contributed by atoms with E-state index in [9.17, 15) is 9.18 Å². The fourth-order valence-electron chi connectivity index (χ4n) is 2.96. The van der Waals surface area contributed by atoms with Crippen LogP contribution in [0, 0.1) is 5.82 Å². The highest BCUT2D eigenvalue weighted by molar-refractivity contribution is 5.78. The van der Waals surface area contributed by atoms with Crippen LogP contribution in [0.15, 0.2) is 42.5 Å². The number of aryl methyl sites for hydroxylation is 1. The van der Waals surface area contributed by atoms with Crippen molar-refractivity contribution in [2.45, 2.75) is 39.8 Å². The smallest absolute Gasteiger partial charge is 0.234 e. The molecule has 1 atom stereocenters. The lowest BCUT2D eigenvalue weighted by Gasteiger charge is -2.22. The minimum Gasteiger partial charge on any atom is -0.494 e. The van der Waals surface area contributed by atoms with Gasteiger partial charge in [0, 0.05) is 6.54 Å². The van der Waals surface area contributed by atoms with Crippen LogP contribution in [0.2, 0.25) is 0 Å². The van der Waals surface area contributed by atoms with Gasteiger partial charge in [0.05, 0.1) is 19.7 Å². The molecule has 0 spiro atoms. The topological polar surface area (TPSA) is 41.6 Å². The molecular formula is C22H29FN2O2. The lowest BCUT2D eigenvalue weighted by Crippen LogP contribution is -2.38. The van der Waals surface area contributed by atoms with Crippen LogP contribution in [0.1, 0.15) is 43.5 Å². The molecule has 2 aromatic rings. The highest BCUT2D eigenvalue weighted by Crippen LogP contribution is 2.19. The van der Waals surface area contributed by atoms with Gasteiger partial charge in [-0.1, -0.05) is 44.2 Å². The van der Waals surface area contributed by atoms with Crippen LogP contribution < -0.4 is 10.1 Å². The summed E-state index contributed by atoms with van der Waals surface area (Å²) in [6, 6.07) is 13.1. The summed E-state index contributed by atoms with van der Waals surface area (Å²) in [5.41, 5.74) is 3.17. The number of amides is 1. The van der Waals surface area contributed by atoms with Crippen molar-refractivity contribution in [1.29, 1.82) is 0 Å². The van der Waals surface area contributed by atoms with Crippen LogP contribution >= 0.6 is 0 Å². The Kier molecular flexibility index (Phi) is 7.80. The van der Waals surface area contributed by atoms with Gasteiger partial charge in [-0.25, -0.2) is 4.39 Å². The van der Waals surface area contributed by atoms with Crippen molar-refractivity contribution in [3.8, 4) is 5.75 Å².